The van der Waals surface area contributed by atoms with Crippen LogP contribution in [-0.2, 0) is 19.4 Å². The second-order valence-electron chi connectivity index (χ2n) is 5.68. The summed E-state index contributed by atoms with van der Waals surface area (Å²) in [6.07, 6.45) is 2.94. The van der Waals surface area contributed by atoms with Gasteiger partial charge in [0.25, 0.3) is 11.8 Å². The maximum Gasteiger partial charge on any atom is 0.268 e. The van der Waals surface area contributed by atoms with Gasteiger partial charge in [-0.25, -0.2) is 4.98 Å². The fourth-order valence-electron chi connectivity index (χ4n) is 2.85. The molecule has 0 bridgehead atoms. The van der Waals surface area contributed by atoms with Crippen molar-refractivity contribution in [2.45, 2.75) is 25.8 Å². The van der Waals surface area contributed by atoms with Crippen LogP contribution in [0.1, 0.15) is 33.9 Å². The van der Waals surface area contributed by atoms with Gasteiger partial charge in [-0.2, -0.15) is 4.98 Å². The molecule has 0 radical (unpaired) electrons. The lowest BCUT2D eigenvalue weighted by atomic mass is 10.1. The molecule has 1 aliphatic rings. The number of fused-ring (bicyclic) bond motifs is 1. The first kappa shape index (κ1) is 15.8. The predicted molar refractivity (Wildman–Crippen MR) is 91.6 cm³/mol. The van der Waals surface area contributed by atoms with E-state index < -0.39 is 0 Å². The Morgan fingerprint density at radius 1 is 1.40 bits per heavy atom. The molecule has 0 aromatic carbocycles. The van der Waals surface area contributed by atoms with Gasteiger partial charge in [0.15, 0.2) is 5.82 Å². The second kappa shape index (κ2) is 6.64. The predicted octanol–water partition coefficient (Wildman–Crippen LogP) is 2.62. The lowest BCUT2D eigenvalue weighted by molar-refractivity contribution is 0.0945. The number of carbonyl (C=O) groups excluding carboxylic acids is 1. The average molecular weight is 356 g/mol. The minimum atomic E-state index is -0.262. The molecule has 8 heteroatoms. The summed E-state index contributed by atoms with van der Waals surface area (Å²) in [6.45, 7) is 0.175. The van der Waals surface area contributed by atoms with Crippen LogP contribution >= 0.6 is 11.3 Å². The van der Waals surface area contributed by atoms with E-state index in [2.05, 4.69) is 20.4 Å². The third-order valence-electron chi connectivity index (χ3n) is 4.06. The van der Waals surface area contributed by atoms with Crippen LogP contribution in [0.25, 0.3) is 10.8 Å². The van der Waals surface area contributed by atoms with Gasteiger partial charge in [0.05, 0.1) is 18.5 Å². The first-order valence-electron chi connectivity index (χ1n) is 7.96. The molecule has 3 heterocycles. The van der Waals surface area contributed by atoms with E-state index in [-0.39, 0.29) is 12.5 Å². The third-order valence-corrected chi connectivity index (χ3v) is 4.92. The van der Waals surface area contributed by atoms with Gasteiger partial charge in [0, 0.05) is 5.69 Å². The Balaban J connectivity index is 1.48. The highest BCUT2D eigenvalue weighted by atomic mass is 32.1. The smallest absolute Gasteiger partial charge is 0.268 e. The first-order valence-corrected chi connectivity index (χ1v) is 8.84. The van der Waals surface area contributed by atoms with E-state index in [1.54, 1.807) is 0 Å². The van der Waals surface area contributed by atoms with Crippen LogP contribution in [0, 0.1) is 0 Å². The van der Waals surface area contributed by atoms with Crippen molar-refractivity contribution >= 4 is 17.2 Å². The molecule has 1 aliphatic carbocycles. The van der Waals surface area contributed by atoms with E-state index in [0.717, 1.165) is 35.4 Å². The Kier molecular flexibility index (Phi) is 4.19. The number of hydrogen-bond donors (Lipinski definition) is 1. The molecule has 4 rings (SSSR count). The average Bonchev–Trinajstić information content (AvgIpc) is 3.38. The maximum absolute atomic E-state index is 12.5. The zero-order valence-electron chi connectivity index (χ0n) is 13.6. The number of thiophene rings is 1. The molecule has 3 aromatic rings. The summed E-state index contributed by atoms with van der Waals surface area (Å²) in [6, 6.07) is 5.69. The monoisotopic (exact) mass is 356 g/mol. The molecule has 0 aliphatic heterocycles. The van der Waals surface area contributed by atoms with Crippen LogP contribution in [0.3, 0.4) is 0 Å². The number of aromatic nitrogens is 3. The Bertz CT molecular complexity index is 905. The fraction of sp³-hybridized carbons (Fsp3) is 0.294. The van der Waals surface area contributed by atoms with Crippen LogP contribution in [0.15, 0.2) is 28.1 Å². The lowest BCUT2D eigenvalue weighted by Gasteiger charge is -2.10. The molecule has 25 heavy (non-hydrogen) atoms. The molecule has 0 spiro atoms. The molecule has 3 aromatic heterocycles. The highest BCUT2D eigenvalue weighted by Gasteiger charge is 2.21. The molecule has 0 atom stereocenters. The zero-order chi connectivity index (χ0) is 17.2. The fourth-order valence-corrected chi connectivity index (χ4v) is 3.50. The van der Waals surface area contributed by atoms with Crippen LogP contribution in [0.2, 0.25) is 0 Å². The number of carbonyl (C=O) groups is 1. The number of pyridine rings is 1. The lowest BCUT2D eigenvalue weighted by Crippen LogP contribution is -2.24. The summed E-state index contributed by atoms with van der Waals surface area (Å²) in [5, 5.41) is 8.64. The summed E-state index contributed by atoms with van der Waals surface area (Å²) in [7, 11) is 1.52. The van der Waals surface area contributed by atoms with Gasteiger partial charge in [-0.1, -0.05) is 11.2 Å². The molecule has 1 N–H and O–H groups in total. The van der Waals surface area contributed by atoms with E-state index in [0.29, 0.717) is 23.2 Å². The standard InChI is InChI=1S/C17H16N4O3S/c1-23-16-11(8-10-4-2-5-12(10)19-16)15(22)18-9-14-20-17(24-21-14)13-6-3-7-25-13/h3,6-8H,2,4-5,9H2,1H3,(H,18,22). The van der Waals surface area contributed by atoms with Crippen molar-refractivity contribution < 1.29 is 14.1 Å². The van der Waals surface area contributed by atoms with Crippen molar-refractivity contribution in [1.82, 2.24) is 20.4 Å². The maximum atomic E-state index is 12.5. The highest BCUT2D eigenvalue weighted by Crippen LogP contribution is 2.26. The van der Waals surface area contributed by atoms with Crippen molar-refractivity contribution in [3.05, 3.63) is 46.2 Å². The molecule has 0 unspecified atom stereocenters. The van der Waals surface area contributed by atoms with Crippen molar-refractivity contribution in [2.24, 2.45) is 0 Å². The summed E-state index contributed by atoms with van der Waals surface area (Å²) in [5.41, 5.74) is 2.57. The molecule has 128 valence electrons. The van der Waals surface area contributed by atoms with E-state index in [4.69, 9.17) is 9.26 Å². The van der Waals surface area contributed by atoms with Gasteiger partial charge < -0.3 is 14.6 Å². The van der Waals surface area contributed by atoms with Gasteiger partial charge in [0.1, 0.15) is 5.56 Å². The zero-order valence-corrected chi connectivity index (χ0v) is 14.4. The number of ether oxygens (including phenoxy) is 1. The Hall–Kier alpha value is -2.74. The molecule has 0 saturated heterocycles. The molecular weight excluding hydrogens is 340 g/mol. The van der Waals surface area contributed by atoms with Crippen LogP contribution in [0.5, 0.6) is 5.88 Å². The minimum Gasteiger partial charge on any atom is -0.480 e. The molecule has 0 fully saturated rings. The number of amides is 1. The summed E-state index contributed by atoms with van der Waals surface area (Å²) in [4.78, 5) is 22.2. The SMILES string of the molecule is COc1nc2c(cc1C(=O)NCc1noc(-c3cccs3)n1)CCC2. The van der Waals surface area contributed by atoms with E-state index >= 15 is 0 Å². The highest BCUT2D eigenvalue weighted by molar-refractivity contribution is 7.13. The van der Waals surface area contributed by atoms with Gasteiger partial charge in [-0.15, -0.1) is 11.3 Å². The van der Waals surface area contributed by atoms with Gasteiger partial charge in [-0.05, 0) is 42.3 Å². The van der Waals surface area contributed by atoms with Gasteiger partial charge in [0.2, 0.25) is 5.88 Å². The summed E-state index contributed by atoms with van der Waals surface area (Å²) in [5.74, 6) is 0.966. The topological polar surface area (TPSA) is 90.1 Å². The molecule has 1 amide bonds. The summed E-state index contributed by atoms with van der Waals surface area (Å²) < 4.78 is 10.5. The first-order chi connectivity index (χ1) is 12.2. The minimum absolute atomic E-state index is 0.175. The molecular formula is C17H16N4O3S. The number of nitrogens with one attached hydrogen (secondary N) is 1. The number of hydrogen-bond acceptors (Lipinski definition) is 7. The van der Waals surface area contributed by atoms with Crippen LogP contribution in [-0.4, -0.2) is 28.1 Å². The van der Waals surface area contributed by atoms with Crippen LogP contribution < -0.4 is 10.1 Å². The van der Waals surface area contributed by atoms with E-state index in [9.17, 15) is 4.79 Å². The van der Waals surface area contributed by atoms with Gasteiger partial charge >= 0.3 is 0 Å². The van der Waals surface area contributed by atoms with Crippen molar-refractivity contribution in [3.8, 4) is 16.6 Å². The molecule has 0 saturated carbocycles. The Morgan fingerprint density at radius 2 is 2.32 bits per heavy atom. The second-order valence-corrected chi connectivity index (χ2v) is 6.63. The van der Waals surface area contributed by atoms with Gasteiger partial charge in [-0.3, -0.25) is 4.79 Å². The van der Waals surface area contributed by atoms with Crippen molar-refractivity contribution in [3.63, 3.8) is 0 Å². The Morgan fingerprint density at radius 3 is 3.12 bits per heavy atom. The van der Waals surface area contributed by atoms with Crippen molar-refractivity contribution in [2.75, 3.05) is 7.11 Å². The third kappa shape index (κ3) is 3.12. The number of aryl methyl sites for hydroxylation is 2. The number of nitrogens with zero attached hydrogens (tertiary/aromatic N) is 3. The number of rotatable bonds is 5. The van der Waals surface area contributed by atoms with E-state index in [1.807, 2.05) is 23.6 Å². The van der Waals surface area contributed by atoms with Crippen molar-refractivity contribution in [1.29, 1.82) is 0 Å². The summed E-state index contributed by atoms with van der Waals surface area (Å²) >= 11 is 1.52. The van der Waals surface area contributed by atoms with Crippen LogP contribution in [0.4, 0.5) is 0 Å². The Labute approximate surface area is 148 Å². The van der Waals surface area contributed by atoms with E-state index in [1.165, 1.54) is 18.4 Å². The largest absolute Gasteiger partial charge is 0.480 e. The quantitative estimate of drug-likeness (QED) is 0.756. The molecule has 7 nitrogen and oxygen atoms in total. The number of methoxy groups -OCH3 is 1. The normalized spacial score (nSPS) is 12.8.